The van der Waals surface area contributed by atoms with Gasteiger partial charge in [0.25, 0.3) is 0 Å². The highest BCUT2D eigenvalue weighted by Crippen LogP contribution is 2.57. The molecule has 0 saturated carbocycles. The number of hydrogen-bond donors (Lipinski definition) is 2. The first-order chi connectivity index (χ1) is 8.08. The van der Waals surface area contributed by atoms with Gasteiger partial charge in [-0.25, -0.2) is 6.57 Å². The first-order valence-corrected chi connectivity index (χ1v) is 6.49. The number of phenols is 2. The zero-order valence-corrected chi connectivity index (χ0v) is 10.5. The number of fused-ring (bicyclic) bond motifs is 1. The normalized spacial score (nSPS) is 19.1. The molecule has 1 aliphatic rings. The van der Waals surface area contributed by atoms with Crippen molar-refractivity contribution in [3.05, 3.63) is 23.0 Å². The quantitative estimate of drug-likeness (QED) is 0.603. The third kappa shape index (κ3) is 1.90. The van der Waals surface area contributed by atoms with E-state index >= 15 is 0 Å². The highest BCUT2D eigenvalue weighted by Gasteiger charge is 2.38. The van der Waals surface area contributed by atoms with Gasteiger partial charge in [0.2, 0.25) is 0 Å². The van der Waals surface area contributed by atoms with Gasteiger partial charge in [-0.2, -0.15) is 5.26 Å². The molecule has 86 valence electrons. The van der Waals surface area contributed by atoms with Gasteiger partial charge in [0.15, 0.2) is 6.07 Å². The summed E-state index contributed by atoms with van der Waals surface area (Å²) in [5.74, 6) is 0.219. The Hall–Kier alpha value is -1.50. The number of nitrogens with zero attached hydrogens (tertiary/aromatic N) is 2. The average molecular weight is 264 g/mol. The van der Waals surface area contributed by atoms with Gasteiger partial charge < -0.3 is 10.2 Å². The molecule has 0 fully saturated rings. The number of thioether (sulfide) groups is 2. The van der Waals surface area contributed by atoms with Crippen LogP contribution in [0.1, 0.15) is 5.56 Å². The van der Waals surface area contributed by atoms with Crippen LogP contribution in [0.15, 0.2) is 15.9 Å². The van der Waals surface area contributed by atoms with Gasteiger partial charge in [-0.05, 0) is 18.6 Å². The summed E-state index contributed by atoms with van der Waals surface area (Å²) in [5.41, 5.74) is 0.589. The van der Waals surface area contributed by atoms with Crippen LogP contribution in [-0.2, 0) is 0 Å². The summed E-state index contributed by atoms with van der Waals surface area (Å²) < 4.78 is -0.300. The molecule has 17 heavy (non-hydrogen) atoms. The second-order valence-corrected chi connectivity index (χ2v) is 6.13. The van der Waals surface area contributed by atoms with E-state index in [1.165, 1.54) is 29.6 Å². The Labute approximate surface area is 107 Å². The minimum absolute atomic E-state index is 0.0944. The fourth-order valence-corrected chi connectivity index (χ4v) is 4.39. The topological polar surface area (TPSA) is 68.6 Å². The summed E-state index contributed by atoms with van der Waals surface area (Å²) in [6, 6.07) is 2.63. The van der Waals surface area contributed by atoms with E-state index < -0.39 is 6.04 Å². The molecule has 6 heteroatoms. The summed E-state index contributed by atoms with van der Waals surface area (Å²) in [6.45, 7) is 8.63. The Kier molecular flexibility index (Phi) is 3.10. The molecule has 2 N–H and O–H groups in total. The Morgan fingerprint density at radius 3 is 2.71 bits per heavy atom. The molecule has 4 nitrogen and oxygen atoms in total. The van der Waals surface area contributed by atoms with Crippen LogP contribution in [0.2, 0.25) is 0 Å². The molecule has 0 radical (unpaired) electrons. The minimum atomic E-state index is -0.781. The number of rotatable bonds is 1. The van der Waals surface area contributed by atoms with Crippen molar-refractivity contribution in [2.75, 3.05) is 0 Å². The maximum absolute atomic E-state index is 9.88. The average Bonchev–Trinajstić information content (AvgIpc) is 2.73. The van der Waals surface area contributed by atoms with E-state index in [1.54, 1.807) is 6.92 Å². The first-order valence-electron chi connectivity index (χ1n) is 4.73. The highest BCUT2D eigenvalue weighted by molar-refractivity contribution is 8.19. The van der Waals surface area contributed by atoms with E-state index in [0.717, 1.165) is 0 Å². The van der Waals surface area contributed by atoms with Gasteiger partial charge in [-0.3, -0.25) is 4.85 Å². The van der Waals surface area contributed by atoms with Crippen molar-refractivity contribution in [2.45, 2.75) is 27.3 Å². The van der Waals surface area contributed by atoms with Crippen LogP contribution in [0.25, 0.3) is 4.85 Å². The van der Waals surface area contributed by atoms with Crippen molar-refractivity contribution in [2.24, 2.45) is 0 Å². The van der Waals surface area contributed by atoms with Gasteiger partial charge in [0, 0.05) is 0 Å². The van der Waals surface area contributed by atoms with Gasteiger partial charge >= 0.3 is 6.04 Å². The van der Waals surface area contributed by atoms with E-state index in [4.69, 9.17) is 11.8 Å². The van der Waals surface area contributed by atoms with Crippen LogP contribution >= 0.6 is 23.5 Å². The summed E-state index contributed by atoms with van der Waals surface area (Å²) in [4.78, 5) is 4.37. The molecule has 0 bridgehead atoms. The molecular weight excluding hydrogens is 256 g/mol. The van der Waals surface area contributed by atoms with Gasteiger partial charge in [-0.1, -0.05) is 23.5 Å². The van der Waals surface area contributed by atoms with E-state index in [0.29, 0.717) is 15.4 Å². The van der Waals surface area contributed by atoms with Crippen LogP contribution in [-0.4, -0.2) is 20.8 Å². The predicted octanol–water partition coefficient (Wildman–Crippen LogP) is 2.74. The monoisotopic (exact) mass is 264 g/mol. The lowest BCUT2D eigenvalue weighted by Crippen LogP contribution is -2.10. The SMILES string of the molecule is [C-]#[N+]C(C#N)C1Sc2c(O)cc(C)c(O)c2S1. The Bertz CT molecular complexity index is 546. The van der Waals surface area contributed by atoms with Gasteiger partial charge in [-0.15, -0.1) is 0 Å². The number of aryl methyl sites for hydroxylation is 1. The molecule has 1 heterocycles. The highest BCUT2D eigenvalue weighted by atomic mass is 32.2. The van der Waals surface area contributed by atoms with Crippen LogP contribution in [0, 0.1) is 24.8 Å². The molecule has 2 rings (SSSR count). The van der Waals surface area contributed by atoms with Crippen molar-refractivity contribution >= 4 is 23.5 Å². The Balaban J connectivity index is 2.41. The summed E-state index contributed by atoms with van der Waals surface area (Å²) in [7, 11) is 0. The third-order valence-corrected chi connectivity index (χ3v) is 5.35. The number of benzene rings is 1. The van der Waals surface area contributed by atoms with Crippen LogP contribution in [0.4, 0.5) is 0 Å². The molecule has 2 unspecified atom stereocenters. The molecule has 0 aromatic heterocycles. The fraction of sp³-hybridized carbons (Fsp3) is 0.273. The van der Waals surface area contributed by atoms with E-state index in [9.17, 15) is 10.2 Å². The maximum atomic E-state index is 9.88. The number of nitriles is 1. The molecule has 2 atom stereocenters. The molecule has 0 spiro atoms. The molecule has 0 amide bonds. The minimum Gasteiger partial charge on any atom is -0.507 e. The number of aromatic hydroxyl groups is 2. The second kappa shape index (κ2) is 4.40. The van der Waals surface area contributed by atoms with E-state index in [1.807, 2.05) is 6.07 Å². The Morgan fingerprint density at radius 2 is 2.12 bits per heavy atom. The fourth-order valence-electron chi connectivity index (χ4n) is 1.50. The van der Waals surface area contributed by atoms with Crippen molar-refractivity contribution in [1.82, 2.24) is 0 Å². The lowest BCUT2D eigenvalue weighted by molar-refractivity contribution is 0.432. The molecule has 1 aromatic rings. The zero-order chi connectivity index (χ0) is 12.6. The largest absolute Gasteiger partial charge is 0.507 e. The van der Waals surface area contributed by atoms with Crippen molar-refractivity contribution in [3.63, 3.8) is 0 Å². The van der Waals surface area contributed by atoms with Crippen molar-refractivity contribution in [1.29, 1.82) is 5.26 Å². The van der Waals surface area contributed by atoms with Gasteiger partial charge in [0.1, 0.15) is 16.1 Å². The molecule has 0 aliphatic carbocycles. The zero-order valence-electron chi connectivity index (χ0n) is 8.84. The molecule has 1 aliphatic heterocycles. The first kappa shape index (κ1) is 12.0. The number of phenolic OH excluding ortho intramolecular Hbond substituents is 2. The second-order valence-electron chi connectivity index (χ2n) is 3.53. The van der Waals surface area contributed by atoms with Crippen LogP contribution in [0.3, 0.4) is 0 Å². The van der Waals surface area contributed by atoms with E-state index in [2.05, 4.69) is 4.85 Å². The van der Waals surface area contributed by atoms with Crippen LogP contribution in [0.5, 0.6) is 11.5 Å². The van der Waals surface area contributed by atoms with E-state index in [-0.39, 0.29) is 16.1 Å². The smallest absolute Gasteiger partial charge is 0.328 e. The third-order valence-electron chi connectivity index (χ3n) is 2.38. The molecule has 1 aromatic carbocycles. The lowest BCUT2D eigenvalue weighted by atomic mass is 10.2. The lowest BCUT2D eigenvalue weighted by Gasteiger charge is -2.05. The van der Waals surface area contributed by atoms with Crippen molar-refractivity contribution < 1.29 is 10.2 Å². The number of hydrogen-bond acceptors (Lipinski definition) is 5. The van der Waals surface area contributed by atoms with Crippen molar-refractivity contribution in [3.8, 4) is 17.6 Å². The maximum Gasteiger partial charge on any atom is 0.328 e. The van der Waals surface area contributed by atoms with Crippen LogP contribution < -0.4 is 0 Å². The summed E-state index contributed by atoms with van der Waals surface area (Å²) >= 11 is 2.52. The summed E-state index contributed by atoms with van der Waals surface area (Å²) in [5, 5.41) is 28.5. The molecule has 0 saturated heterocycles. The predicted molar refractivity (Wildman–Crippen MR) is 66.0 cm³/mol. The van der Waals surface area contributed by atoms with Gasteiger partial charge in [0.05, 0.1) is 9.79 Å². The molecular formula is C11H8N2O2S2. The standard InChI is InChI=1S/C11H8N2O2S2/c1-5-3-7(14)9-10(8(5)15)17-11(16-9)6(4-12)13-2/h3,6,11,14-15H,1H3. The summed E-state index contributed by atoms with van der Waals surface area (Å²) in [6.07, 6.45) is 0. The Morgan fingerprint density at radius 1 is 1.47 bits per heavy atom.